The van der Waals surface area contributed by atoms with Crippen LogP contribution in [0.25, 0.3) is 0 Å². The van der Waals surface area contributed by atoms with E-state index in [2.05, 4.69) is 21.5 Å². The van der Waals surface area contributed by atoms with E-state index in [4.69, 9.17) is 0 Å². The van der Waals surface area contributed by atoms with E-state index < -0.39 is 0 Å². The summed E-state index contributed by atoms with van der Waals surface area (Å²) in [4.78, 5) is 8.25. The van der Waals surface area contributed by atoms with Gasteiger partial charge >= 0.3 is 0 Å². The number of aromatic nitrogens is 2. The van der Waals surface area contributed by atoms with Gasteiger partial charge in [-0.1, -0.05) is 0 Å². The van der Waals surface area contributed by atoms with Crippen molar-refractivity contribution in [3.63, 3.8) is 0 Å². The van der Waals surface area contributed by atoms with Gasteiger partial charge in [0.25, 0.3) is 0 Å². The molecule has 1 aliphatic rings. The molecular formula is C10H15N3S. The molecule has 1 aromatic rings. The predicted molar refractivity (Wildman–Crippen MR) is 60.6 cm³/mol. The van der Waals surface area contributed by atoms with Crippen molar-refractivity contribution in [2.45, 2.75) is 30.6 Å². The number of hydrogen-bond donors (Lipinski definition) is 1. The monoisotopic (exact) mass is 209 g/mol. The molecule has 1 fully saturated rings. The third kappa shape index (κ3) is 2.38. The first-order chi connectivity index (χ1) is 6.88. The minimum absolute atomic E-state index is 0.587. The van der Waals surface area contributed by atoms with Crippen LogP contribution in [0.1, 0.15) is 19.3 Å². The minimum atomic E-state index is 0.587. The van der Waals surface area contributed by atoms with Crippen molar-refractivity contribution in [3.8, 4) is 0 Å². The number of thioether (sulfide) groups is 1. The highest BCUT2D eigenvalue weighted by molar-refractivity contribution is 7.99. The fourth-order valence-electron chi connectivity index (χ4n) is 1.87. The molecule has 1 aliphatic carbocycles. The van der Waals surface area contributed by atoms with Gasteiger partial charge in [-0.3, -0.25) is 4.98 Å². The van der Waals surface area contributed by atoms with Crippen molar-refractivity contribution < 1.29 is 0 Å². The summed E-state index contributed by atoms with van der Waals surface area (Å²) in [5.74, 6) is 0.902. The zero-order valence-corrected chi connectivity index (χ0v) is 9.13. The van der Waals surface area contributed by atoms with Crippen LogP contribution >= 0.6 is 11.8 Å². The molecule has 2 atom stereocenters. The Morgan fingerprint density at radius 2 is 2.36 bits per heavy atom. The average Bonchev–Trinajstić information content (AvgIpc) is 2.67. The molecular weight excluding hydrogens is 194 g/mol. The van der Waals surface area contributed by atoms with Crippen LogP contribution in [0.5, 0.6) is 0 Å². The molecule has 0 bridgehead atoms. The van der Waals surface area contributed by atoms with Gasteiger partial charge in [0, 0.05) is 23.7 Å². The second kappa shape index (κ2) is 4.64. The second-order valence-corrected chi connectivity index (χ2v) is 4.74. The maximum Gasteiger partial charge on any atom is 0.144 e. The highest BCUT2D eigenvalue weighted by atomic mass is 32.2. The van der Waals surface area contributed by atoms with Crippen LogP contribution in [0.4, 0.5) is 5.82 Å². The van der Waals surface area contributed by atoms with Gasteiger partial charge in [0.2, 0.25) is 0 Å². The van der Waals surface area contributed by atoms with Crippen molar-refractivity contribution >= 4 is 17.6 Å². The molecule has 0 aromatic carbocycles. The molecule has 0 aliphatic heterocycles. The molecule has 1 aromatic heterocycles. The fraction of sp³-hybridized carbons (Fsp3) is 0.600. The highest BCUT2D eigenvalue weighted by Crippen LogP contribution is 2.29. The maximum atomic E-state index is 4.21. The predicted octanol–water partition coefficient (Wildman–Crippen LogP) is 2.17. The smallest absolute Gasteiger partial charge is 0.144 e. The van der Waals surface area contributed by atoms with Gasteiger partial charge < -0.3 is 5.32 Å². The third-order valence-corrected chi connectivity index (χ3v) is 3.73. The Hall–Kier alpha value is -0.770. The first kappa shape index (κ1) is 9.77. The van der Waals surface area contributed by atoms with E-state index in [1.807, 2.05) is 11.8 Å². The van der Waals surface area contributed by atoms with Crippen molar-refractivity contribution in [1.29, 1.82) is 0 Å². The molecule has 2 unspecified atom stereocenters. The van der Waals surface area contributed by atoms with Gasteiger partial charge in [-0.05, 0) is 25.5 Å². The number of nitrogens with one attached hydrogen (secondary N) is 1. The van der Waals surface area contributed by atoms with Gasteiger partial charge in [-0.15, -0.1) is 0 Å². The van der Waals surface area contributed by atoms with E-state index in [1.165, 1.54) is 19.3 Å². The fourth-order valence-corrected chi connectivity index (χ4v) is 2.66. The van der Waals surface area contributed by atoms with Crippen LogP contribution in [0, 0.1) is 0 Å². The maximum absolute atomic E-state index is 4.21. The summed E-state index contributed by atoms with van der Waals surface area (Å²) < 4.78 is 0. The number of hydrogen-bond acceptors (Lipinski definition) is 4. The topological polar surface area (TPSA) is 37.8 Å². The van der Waals surface area contributed by atoms with Crippen LogP contribution in [0.3, 0.4) is 0 Å². The van der Waals surface area contributed by atoms with Crippen LogP contribution in [-0.2, 0) is 0 Å². The summed E-state index contributed by atoms with van der Waals surface area (Å²) in [5, 5.41) is 4.24. The van der Waals surface area contributed by atoms with Crippen molar-refractivity contribution in [2.24, 2.45) is 0 Å². The standard InChI is InChI=1S/C10H15N3S/c1-14-9-3-2-8(6-9)13-10-7-11-4-5-12-10/h4-5,7-9H,2-3,6H2,1H3,(H,12,13). The highest BCUT2D eigenvalue weighted by Gasteiger charge is 2.23. The normalized spacial score (nSPS) is 26.4. The lowest BCUT2D eigenvalue weighted by Gasteiger charge is -2.12. The van der Waals surface area contributed by atoms with Gasteiger partial charge in [-0.2, -0.15) is 11.8 Å². The van der Waals surface area contributed by atoms with E-state index in [1.54, 1.807) is 18.6 Å². The quantitative estimate of drug-likeness (QED) is 0.828. The Bertz CT molecular complexity index is 278. The van der Waals surface area contributed by atoms with E-state index in [-0.39, 0.29) is 0 Å². The molecule has 3 nitrogen and oxygen atoms in total. The zero-order chi connectivity index (χ0) is 9.80. The largest absolute Gasteiger partial charge is 0.366 e. The van der Waals surface area contributed by atoms with E-state index in [0.29, 0.717) is 6.04 Å². The number of nitrogens with zero attached hydrogens (tertiary/aromatic N) is 2. The molecule has 0 spiro atoms. The van der Waals surface area contributed by atoms with Crippen LogP contribution in [0.15, 0.2) is 18.6 Å². The Kier molecular flexibility index (Phi) is 3.24. The lowest BCUT2D eigenvalue weighted by molar-refractivity contribution is 0.751. The van der Waals surface area contributed by atoms with Gasteiger partial charge in [0.15, 0.2) is 0 Å². The average molecular weight is 209 g/mol. The summed E-state index contributed by atoms with van der Waals surface area (Å²) in [7, 11) is 0. The summed E-state index contributed by atoms with van der Waals surface area (Å²) in [6.07, 6.45) is 11.2. The van der Waals surface area contributed by atoms with Crippen LogP contribution in [0.2, 0.25) is 0 Å². The molecule has 4 heteroatoms. The molecule has 0 saturated heterocycles. The molecule has 1 N–H and O–H groups in total. The molecule has 1 heterocycles. The third-order valence-electron chi connectivity index (χ3n) is 2.63. The van der Waals surface area contributed by atoms with Crippen molar-refractivity contribution in [1.82, 2.24) is 9.97 Å². The van der Waals surface area contributed by atoms with E-state index in [0.717, 1.165) is 11.1 Å². The molecule has 14 heavy (non-hydrogen) atoms. The second-order valence-electron chi connectivity index (χ2n) is 3.60. The van der Waals surface area contributed by atoms with Gasteiger partial charge in [-0.25, -0.2) is 4.98 Å². The Morgan fingerprint density at radius 3 is 3.00 bits per heavy atom. The molecule has 2 rings (SSSR count). The number of anilines is 1. The van der Waals surface area contributed by atoms with Crippen LogP contribution in [-0.4, -0.2) is 27.5 Å². The first-order valence-electron chi connectivity index (χ1n) is 4.94. The van der Waals surface area contributed by atoms with Gasteiger partial charge in [0.05, 0.1) is 6.20 Å². The SMILES string of the molecule is CSC1CCC(Nc2cnccn2)C1. The number of rotatable bonds is 3. The lowest BCUT2D eigenvalue weighted by Crippen LogP contribution is -2.16. The lowest BCUT2D eigenvalue weighted by atomic mass is 10.2. The molecule has 76 valence electrons. The summed E-state index contributed by atoms with van der Waals surface area (Å²) in [6, 6.07) is 0.587. The molecule has 0 amide bonds. The van der Waals surface area contributed by atoms with Crippen molar-refractivity contribution in [3.05, 3.63) is 18.6 Å². The summed E-state index contributed by atoms with van der Waals surface area (Å²) >= 11 is 1.97. The molecule has 0 radical (unpaired) electrons. The first-order valence-corrected chi connectivity index (χ1v) is 6.22. The van der Waals surface area contributed by atoms with Crippen LogP contribution < -0.4 is 5.32 Å². The Morgan fingerprint density at radius 1 is 1.43 bits per heavy atom. The van der Waals surface area contributed by atoms with E-state index in [9.17, 15) is 0 Å². The van der Waals surface area contributed by atoms with Gasteiger partial charge in [0.1, 0.15) is 5.82 Å². The molecule has 1 saturated carbocycles. The minimum Gasteiger partial charge on any atom is -0.366 e. The summed E-state index contributed by atoms with van der Waals surface area (Å²) in [5.41, 5.74) is 0. The summed E-state index contributed by atoms with van der Waals surface area (Å²) in [6.45, 7) is 0. The Labute approximate surface area is 88.7 Å². The van der Waals surface area contributed by atoms with E-state index >= 15 is 0 Å². The Balaban J connectivity index is 1.88. The van der Waals surface area contributed by atoms with Crippen molar-refractivity contribution in [2.75, 3.05) is 11.6 Å². The zero-order valence-electron chi connectivity index (χ0n) is 8.31.